The summed E-state index contributed by atoms with van der Waals surface area (Å²) in [5, 5.41) is 16.8. The molecule has 4 aromatic heterocycles. The zero-order valence-corrected chi connectivity index (χ0v) is 12.4. The van der Waals surface area contributed by atoms with Gasteiger partial charge in [0.25, 0.3) is 0 Å². The molecule has 0 aliphatic carbocycles. The average Bonchev–Trinajstić information content (AvgIpc) is 3.03. The van der Waals surface area contributed by atoms with Crippen molar-refractivity contribution in [1.82, 2.24) is 25.1 Å². The molecule has 2 N–H and O–H groups in total. The lowest BCUT2D eigenvalue weighted by Gasteiger charge is -2.04. The Morgan fingerprint density at radius 2 is 1.91 bits per heavy atom. The van der Waals surface area contributed by atoms with Gasteiger partial charge in [0.1, 0.15) is 11.4 Å². The van der Waals surface area contributed by atoms with Crippen LogP contribution in [-0.2, 0) is 0 Å². The molecule has 4 aromatic rings. The van der Waals surface area contributed by atoms with Crippen molar-refractivity contribution in [2.75, 3.05) is 0 Å². The Labute approximate surface area is 131 Å². The second-order valence-corrected chi connectivity index (χ2v) is 5.24. The number of fused-ring (bicyclic) bond motifs is 1. The van der Waals surface area contributed by atoms with E-state index in [9.17, 15) is 5.11 Å². The number of H-pyrrole nitrogens is 1. The standard InChI is InChI=1S/C17H13N5O/c1-10-3-2-4-15(20-10)17-12(9-19-22-17)13-5-6-14-16(21-13)7-11(23)8-18-14/h2-9,23H,1H3,(H,19,22). The third-order valence-electron chi connectivity index (χ3n) is 3.57. The number of aromatic nitrogens is 5. The van der Waals surface area contributed by atoms with Crippen molar-refractivity contribution in [3.05, 3.63) is 54.5 Å². The highest BCUT2D eigenvalue weighted by Gasteiger charge is 2.13. The van der Waals surface area contributed by atoms with E-state index in [0.717, 1.165) is 33.9 Å². The molecular formula is C17H13N5O. The van der Waals surface area contributed by atoms with E-state index in [-0.39, 0.29) is 5.75 Å². The lowest BCUT2D eigenvalue weighted by atomic mass is 10.1. The smallest absolute Gasteiger partial charge is 0.136 e. The molecule has 0 unspecified atom stereocenters. The molecule has 0 aromatic carbocycles. The van der Waals surface area contributed by atoms with E-state index in [4.69, 9.17) is 0 Å². The van der Waals surface area contributed by atoms with Gasteiger partial charge in [-0.3, -0.25) is 15.1 Å². The lowest BCUT2D eigenvalue weighted by Crippen LogP contribution is -1.91. The number of aromatic amines is 1. The Hall–Kier alpha value is -3.28. The fraction of sp³-hybridized carbons (Fsp3) is 0.0588. The van der Waals surface area contributed by atoms with E-state index in [0.29, 0.717) is 5.52 Å². The zero-order chi connectivity index (χ0) is 15.8. The van der Waals surface area contributed by atoms with Crippen molar-refractivity contribution >= 4 is 11.0 Å². The van der Waals surface area contributed by atoms with Crippen LogP contribution in [0, 0.1) is 6.92 Å². The Bertz CT molecular complexity index is 1010. The first-order valence-electron chi connectivity index (χ1n) is 7.15. The maximum absolute atomic E-state index is 9.58. The van der Waals surface area contributed by atoms with Gasteiger partial charge in [-0.1, -0.05) is 6.07 Å². The maximum atomic E-state index is 9.58. The first-order valence-corrected chi connectivity index (χ1v) is 7.15. The van der Waals surface area contributed by atoms with E-state index >= 15 is 0 Å². The summed E-state index contributed by atoms with van der Waals surface area (Å²) >= 11 is 0. The van der Waals surface area contributed by atoms with Gasteiger partial charge in [-0.2, -0.15) is 5.10 Å². The fourth-order valence-corrected chi connectivity index (χ4v) is 2.50. The highest BCUT2D eigenvalue weighted by atomic mass is 16.3. The van der Waals surface area contributed by atoms with E-state index in [2.05, 4.69) is 25.1 Å². The number of rotatable bonds is 2. The second kappa shape index (κ2) is 5.17. The van der Waals surface area contributed by atoms with Gasteiger partial charge in [-0.25, -0.2) is 4.98 Å². The lowest BCUT2D eigenvalue weighted by molar-refractivity contribution is 0.473. The Kier molecular flexibility index (Phi) is 3.01. The molecule has 0 radical (unpaired) electrons. The van der Waals surface area contributed by atoms with Gasteiger partial charge in [0.15, 0.2) is 0 Å². The summed E-state index contributed by atoms with van der Waals surface area (Å²) in [6, 6.07) is 11.2. The Morgan fingerprint density at radius 1 is 1.00 bits per heavy atom. The van der Waals surface area contributed by atoms with Gasteiger partial charge in [0.2, 0.25) is 0 Å². The van der Waals surface area contributed by atoms with E-state index in [1.807, 2.05) is 37.3 Å². The summed E-state index contributed by atoms with van der Waals surface area (Å²) in [5.41, 5.74) is 5.42. The molecule has 0 saturated carbocycles. The normalized spacial score (nSPS) is 11.0. The molecule has 6 heteroatoms. The third kappa shape index (κ3) is 2.40. The van der Waals surface area contributed by atoms with Crippen molar-refractivity contribution < 1.29 is 5.11 Å². The molecule has 0 saturated heterocycles. The van der Waals surface area contributed by atoms with Gasteiger partial charge in [0, 0.05) is 23.5 Å². The highest BCUT2D eigenvalue weighted by molar-refractivity contribution is 5.82. The molecule has 0 amide bonds. The SMILES string of the molecule is Cc1cccc(-c2n[nH]cc2-c2ccc3ncc(O)cc3n2)n1. The van der Waals surface area contributed by atoms with E-state index in [1.165, 1.54) is 6.20 Å². The molecule has 0 aliphatic heterocycles. The van der Waals surface area contributed by atoms with Crippen molar-refractivity contribution in [1.29, 1.82) is 0 Å². The molecule has 112 valence electrons. The summed E-state index contributed by atoms with van der Waals surface area (Å²) < 4.78 is 0. The Balaban J connectivity index is 1.87. The Morgan fingerprint density at radius 3 is 2.78 bits per heavy atom. The number of hydrogen-bond donors (Lipinski definition) is 2. The molecule has 23 heavy (non-hydrogen) atoms. The summed E-state index contributed by atoms with van der Waals surface area (Å²) in [6.45, 7) is 1.94. The summed E-state index contributed by atoms with van der Waals surface area (Å²) in [5.74, 6) is 0.0925. The van der Waals surface area contributed by atoms with Gasteiger partial charge < -0.3 is 5.11 Å². The molecule has 4 rings (SSSR count). The molecule has 0 bridgehead atoms. The number of nitrogens with zero attached hydrogens (tertiary/aromatic N) is 4. The molecule has 4 heterocycles. The second-order valence-electron chi connectivity index (χ2n) is 5.24. The van der Waals surface area contributed by atoms with Crippen molar-refractivity contribution in [2.24, 2.45) is 0 Å². The van der Waals surface area contributed by atoms with Crippen LogP contribution in [0.3, 0.4) is 0 Å². The third-order valence-corrected chi connectivity index (χ3v) is 3.57. The summed E-state index contributed by atoms with van der Waals surface area (Å²) in [6.07, 6.45) is 3.20. The summed E-state index contributed by atoms with van der Waals surface area (Å²) in [7, 11) is 0. The number of hydrogen-bond acceptors (Lipinski definition) is 5. The molecule has 0 atom stereocenters. The van der Waals surface area contributed by atoms with Gasteiger partial charge in [0.05, 0.1) is 28.6 Å². The number of aryl methyl sites for hydroxylation is 1. The average molecular weight is 303 g/mol. The molecule has 0 aliphatic rings. The van der Waals surface area contributed by atoms with Crippen LogP contribution in [0.25, 0.3) is 33.7 Å². The van der Waals surface area contributed by atoms with Crippen molar-refractivity contribution in [3.63, 3.8) is 0 Å². The fourth-order valence-electron chi connectivity index (χ4n) is 2.50. The molecule has 0 spiro atoms. The largest absolute Gasteiger partial charge is 0.506 e. The highest BCUT2D eigenvalue weighted by Crippen LogP contribution is 2.29. The van der Waals surface area contributed by atoms with Gasteiger partial charge in [-0.15, -0.1) is 0 Å². The first kappa shape index (κ1) is 13.4. The van der Waals surface area contributed by atoms with Gasteiger partial charge in [-0.05, 0) is 31.2 Å². The minimum atomic E-state index is 0.0925. The quantitative estimate of drug-likeness (QED) is 0.594. The predicted molar refractivity (Wildman–Crippen MR) is 86.8 cm³/mol. The van der Waals surface area contributed by atoms with Crippen LogP contribution in [0.4, 0.5) is 0 Å². The first-order chi connectivity index (χ1) is 11.2. The van der Waals surface area contributed by atoms with Crippen molar-refractivity contribution in [3.8, 4) is 28.4 Å². The van der Waals surface area contributed by atoms with Crippen LogP contribution < -0.4 is 0 Å². The molecule has 6 nitrogen and oxygen atoms in total. The minimum absolute atomic E-state index is 0.0925. The maximum Gasteiger partial charge on any atom is 0.136 e. The van der Waals surface area contributed by atoms with Crippen LogP contribution >= 0.6 is 0 Å². The van der Waals surface area contributed by atoms with Crippen LogP contribution in [0.2, 0.25) is 0 Å². The van der Waals surface area contributed by atoms with Crippen LogP contribution in [0.5, 0.6) is 5.75 Å². The molecular weight excluding hydrogens is 290 g/mol. The van der Waals surface area contributed by atoms with Crippen LogP contribution in [0.15, 0.2) is 48.8 Å². The van der Waals surface area contributed by atoms with Crippen LogP contribution in [0.1, 0.15) is 5.69 Å². The molecule has 0 fully saturated rings. The van der Waals surface area contributed by atoms with E-state index in [1.54, 1.807) is 12.3 Å². The summed E-state index contributed by atoms with van der Waals surface area (Å²) in [4.78, 5) is 13.2. The minimum Gasteiger partial charge on any atom is -0.506 e. The number of aromatic hydroxyl groups is 1. The van der Waals surface area contributed by atoms with Gasteiger partial charge >= 0.3 is 0 Å². The van der Waals surface area contributed by atoms with E-state index < -0.39 is 0 Å². The van der Waals surface area contributed by atoms with Crippen LogP contribution in [-0.4, -0.2) is 30.3 Å². The monoisotopic (exact) mass is 303 g/mol. The number of nitrogens with one attached hydrogen (secondary N) is 1. The number of pyridine rings is 3. The zero-order valence-electron chi connectivity index (χ0n) is 12.4. The predicted octanol–water partition coefficient (Wildman–Crippen LogP) is 3.10. The van der Waals surface area contributed by atoms with Crippen molar-refractivity contribution in [2.45, 2.75) is 6.92 Å². The topological polar surface area (TPSA) is 87.6 Å².